The van der Waals surface area contributed by atoms with E-state index in [4.69, 9.17) is 4.84 Å². The normalized spacial score (nSPS) is 18.5. The van der Waals surface area contributed by atoms with Gasteiger partial charge in [-0.3, -0.25) is 0 Å². The van der Waals surface area contributed by atoms with Crippen LogP contribution in [0.5, 0.6) is 0 Å². The van der Waals surface area contributed by atoms with E-state index in [2.05, 4.69) is 31.2 Å². The van der Waals surface area contributed by atoms with Gasteiger partial charge < -0.3 is 4.84 Å². The molecule has 0 bridgehead atoms. The Morgan fingerprint density at radius 2 is 1.80 bits per heavy atom. The lowest BCUT2D eigenvalue weighted by atomic mass is 9.92. The summed E-state index contributed by atoms with van der Waals surface area (Å²) in [4.78, 5) is 17.5. The Morgan fingerprint density at radius 1 is 1.10 bits per heavy atom. The van der Waals surface area contributed by atoms with Gasteiger partial charge in [-0.25, -0.2) is 4.79 Å². The Labute approximate surface area is 118 Å². The Balaban J connectivity index is 2.13. The molecule has 1 atom stereocenters. The molecule has 20 heavy (non-hydrogen) atoms. The lowest BCUT2D eigenvalue weighted by Crippen LogP contribution is -2.37. The molecule has 0 saturated heterocycles. The number of carbonyl (C=O) groups excluding carboxylic acids is 1. The highest BCUT2D eigenvalue weighted by Crippen LogP contribution is 2.35. The molecule has 0 saturated carbocycles. The topological polar surface area (TPSA) is 29.5 Å². The van der Waals surface area contributed by atoms with Crippen molar-refractivity contribution in [1.82, 2.24) is 5.06 Å². The van der Waals surface area contributed by atoms with Crippen LogP contribution in [0.3, 0.4) is 0 Å². The molecule has 102 valence electrons. The molecular weight excluding hydrogens is 250 g/mol. The van der Waals surface area contributed by atoms with Crippen molar-refractivity contribution in [2.75, 3.05) is 6.54 Å². The van der Waals surface area contributed by atoms with Crippen LogP contribution in [0.25, 0.3) is 0 Å². The Kier molecular flexibility index (Phi) is 3.28. The molecule has 1 unspecified atom stereocenters. The predicted octanol–water partition coefficient (Wildman–Crippen LogP) is 3.49. The van der Waals surface area contributed by atoms with Crippen LogP contribution in [0.2, 0.25) is 0 Å². The third-order valence-corrected chi connectivity index (χ3v) is 3.67. The molecule has 0 aliphatic carbocycles. The number of nitrogens with zero attached hydrogens (tertiary/aromatic N) is 1. The van der Waals surface area contributed by atoms with E-state index in [0.29, 0.717) is 12.1 Å². The minimum Gasteiger partial charge on any atom is -0.363 e. The van der Waals surface area contributed by atoms with E-state index < -0.39 is 0 Å². The summed E-state index contributed by atoms with van der Waals surface area (Å²) in [6.45, 7) is 4.71. The number of hydrogen-bond acceptors (Lipinski definition) is 3. The van der Waals surface area contributed by atoms with Crippen LogP contribution in [0.4, 0.5) is 0 Å². The summed E-state index contributed by atoms with van der Waals surface area (Å²) in [6.07, 6.45) is 0. The fourth-order valence-electron chi connectivity index (χ4n) is 2.63. The van der Waals surface area contributed by atoms with Crippen LogP contribution >= 0.6 is 0 Å². The summed E-state index contributed by atoms with van der Waals surface area (Å²) in [7, 11) is 0. The van der Waals surface area contributed by atoms with E-state index in [-0.39, 0.29) is 12.0 Å². The Bertz CT molecular complexity index is 634. The van der Waals surface area contributed by atoms with Gasteiger partial charge in [0, 0.05) is 6.54 Å². The predicted molar refractivity (Wildman–Crippen MR) is 77.3 cm³/mol. The highest BCUT2D eigenvalue weighted by Gasteiger charge is 2.33. The number of benzene rings is 2. The average molecular weight is 267 g/mol. The highest BCUT2D eigenvalue weighted by molar-refractivity contribution is 5.92. The van der Waals surface area contributed by atoms with Crippen molar-refractivity contribution in [2.45, 2.75) is 19.9 Å². The Hall–Kier alpha value is -2.13. The van der Waals surface area contributed by atoms with Crippen molar-refractivity contribution in [3.8, 4) is 0 Å². The summed E-state index contributed by atoms with van der Waals surface area (Å²) in [5, 5.41) is 1.75. The fourth-order valence-corrected chi connectivity index (χ4v) is 2.63. The molecule has 0 amide bonds. The zero-order chi connectivity index (χ0) is 14.1. The van der Waals surface area contributed by atoms with Gasteiger partial charge in [0.25, 0.3) is 0 Å². The van der Waals surface area contributed by atoms with Crippen molar-refractivity contribution >= 4 is 5.97 Å². The SMILES string of the molecule is CCN1OC(=O)c2ccccc2C1c1ccc(C)cc1. The first-order valence-electron chi connectivity index (χ1n) is 6.85. The van der Waals surface area contributed by atoms with Gasteiger partial charge in [0.1, 0.15) is 0 Å². The van der Waals surface area contributed by atoms with Gasteiger partial charge >= 0.3 is 5.97 Å². The monoisotopic (exact) mass is 267 g/mol. The van der Waals surface area contributed by atoms with Crippen molar-refractivity contribution in [2.24, 2.45) is 0 Å². The van der Waals surface area contributed by atoms with Crippen LogP contribution in [-0.4, -0.2) is 17.6 Å². The second-order valence-electron chi connectivity index (χ2n) is 5.01. The molecule has 3 nitrogen and oxygen atoms in total. The van der Waals surface area contributed by atoms with Crippen molar-refractivity contribution in [3.63, 3.8) is 0 Å². The second kappa shape index (κ2) is 5.10. The number of hydrogen-bond donors (Lipinski definition) is 0. The quantitative estimate of drug-likeness (QED) is 0.834. The maximum atomic E-state index is 12.0. The zero-order valence-corrected chi connectivity index (χ0v) is 11.7. The lowest BCUT2D eigenvalue weighted by Gasteiger charge is -2.34. The summed E-state index contributed by atoms with van der Waals surface area (Å²) >= 11 is 0. The van der Waals surface area contributed by atoms with Gasteiger partial charge in [0.05, 0.1) is 11.6 Å². The first-order chi connectivity index (χ1) is 9.70. The Morgan fingerprint density at radius 3 is 2.50 bits per heavy atom. The number of hydroxylamine groups is 2. The molecular formula is C17H17NO2. The minimum atomic E-state index is -0.272. The minimum absolute atomic E-state index is 0.0329. The largest absolute Gasteiger partial charge is 0.363 e. The van der Waals surface area contributed by atoms with Gasteiger partial charge in [0.2, 0.25) is 0 Å². The molecule has 0 radical (unpaired) electrons. The summed E-state index contributed by atoms with van der Waals surface area (Å²) in [5.74, 6) is -0.272. The van der Waals surface area contributed by atoms with Crippen LogP contribution in [-0.2, 0) is 4.84 Å². The van der Waals surface area contributed by atoms with Crippen molar-refractivity contribution < 1.29 is 9.63 Å². The van der Waals surface area contributed by atoms with Gasteiger partial charge in [-0.15, -0.1) is 5.06 Å². The van der Waals surface area contributed by atoms with E-state index in [1.807, 2.05) is 31.2 Å². The summed E-state index contributed by atoms with van der Waals surface area (Å²) < 4.78 is 0. The molecule has 0 aromatic heterocycles. The molecule has 1 aliphatic heterocycles. The van der Waals surface area contributed by atoms with Crippen LogP contribution in [0, 0.1) is 6.92 Å². The van der Waals surface area contributed by atoms with Crippen molar-refractivity contribution in [1.29, 1.82) is 0 Å². The maximum absolute atomic E-state index is 12.0. The van der Waals surface area contributed by atoms with E-state index in [1.54, 1.807) is 5.06 Å². The summed E-state index contributed by atoms with van der Waals surface area (Å²) in [6, 6.07) is 16.0. The third-order valence-electron chi connectivity index (χ3n) is 3.67. The summed E-state index contributed by atoms with van der Waals surface area (Å²) in [5.41, 5.74) is 4.02. The van der Waals surface area contributed by atoms with E-state index in [1.165, 1.54) is 5.56 Å². The maximum Gasteiger partial charge on any atom is 0.357 e. The first-order valence-corrected chi connectivity index (χ1v) is 6.85. The van der Waals surface area contributed by atoms with E-state index >= 15 is 0 Å². The standard InChI is InChI=1S/C17H17NO2/c1-3-18-16(13-10-8-12(2)9-11-13)14-6-4-5-7-15(14)17(19)20-18/h4-11,16H,3H2,1-2H3. The molecule has 0 N–H and O–H groups in total. The molecule has 3 heteroatoms. The number of fused-ring (bicyclic) bond motifs is 1. The third kappa shape index (κ3) is 2.10. The molecule has 2 aromatic rings. The molecule has 3 rings (SSSR count). The van der Waals surface area contributed by atoms with Crippen LogP contribution in [0.15, 0.2) is 48.5 Å². The number of carbonyl (C=O) groups is 1. The molecule has 1 heterocycles. The van der Waals surface area contributed by atoms with E-state index in [9.17, 15) is 4.79 Å². The van der Waals surface area contributed by atoms with Crippen LogP contribution < -0.4 is 0 Å². The molecule has 0 fully saturated rings. The number of aryl methyl sites for hydroxylation is 1. The average Bonchev–Trinajstić information content (AvgIpc) is 2.48. The number of rotatable bonds is 2. The zero-order valence-electron chi connectivity index (χ0n) is 11.7. The van der Waals surface area contributed by atoms with Gasteiger partial charge in [-0.05, 0) is 31.0 Å². The van der Waals surface area contributed by atoms with Crippen molar-refractivity contribution in [3.05, 3.63) is 70.8 Å². The molecule has 2 aromatic carbocycles. The highest BCUT2D eigenvalue weighted by atomic mass is 16.7. The first kappa shape index (κ1) is 12.9. The van der Waals surface area contributed by atoms with E-state index in [0.717, 1.165) is 11.1 Å². The van der Waals surface area contributed by atoms with Gasteiger partial charge in [0.15, 0.2) is 0 Å². The van der Waals surface area contributed by atoms with Crippen LogP contribution in [0.1, 0.15) is 40.0 Å². The molecule has 1 aliphatic rings. The van der Waals surface area contributed by atoms with Gasteiger partial charge in [-0.2, -0.15) is 0 Å². The fraction of sp³-hybridized carbons (Fsp3) is 0.235. The van der Waals surface area contributed by atoms with Gasteiger partial charge in [-0.1, -0.05) is 48.0 Å². The smallest absolute Gasteiger partial charge is 0.357 e. The molecule has 0 spiro atoms. The second-order valence-corrected chi connectivity index (χ2v) is 5.01. The lowest BCUT2D eigenvalue weighted by molar-refractivity contribution is -0.134.